The number of hydrogen-bond acceptors (Lipinski definition) is 56. The second-order valence-electron chi connectivity index (χ2n) is 23.2. The van der Waals surface area contributed by atoms with Crippen LogP contribution in [0, 0.1) is 0 Å². The van der Waals surface area contributed by atoms with E-state index in [2.05, 4.69) is 29.3 Å². The third kappa shape index (κ3) is 32.3. The first-order valence-corrected chi connectivity index (χ1v) is 38.4. The zero-order valence-corrected chi connectivity index (χ0v) is 78.1. The van der Waals surface area contributed by atoms with Crippen LogP contribution in [-0.2, 0) is 168 Å². The number of aliphatic hydroxyl groups is 14. The molecule has 616 valence electrons. The van der Waals surface area contributed by atoms with Crippen molar-refractivity contribution in [1.82, 2.24) is 0 Å². The summed E-state index contributed by atoms with van der Waals surface area (Å²) in [7, 11) is -41.6. The van der Waals surface area contributed by atoms with Gasteiger partial charge in [-0.2, -0.15) is 0 Å². The van der Waals surface area contributed by atoms with E-state index >= 15 is 0 Å². The van der Waals surface area contributed by atoms with Crippen molar-refractivity contribution >= 4 is 72.8 Å². The summed E-state index contributed by atoms with van der Waals surface area (Å²) in [6.45, 7) is -12.2. The second kappa shape index (κ2) is 47.3. The van der Waals surface area contributed by atoms with Crippen LogP contribution in [0.15, 0.2) is 0 Å². The Morgan fingerprint density at radius 2 is 0.268 bits per heavy atom. The zero-order valence-electron chi connectivity index (χ0n) is 58.4. The average Bonchev–Trinajstić information content (AvgIpc) is 0.778. The molecular weight excluding hydrogens is 1790 g/mol. The Morgan fingerprint density at radius 3 is 0.348 bits per heavy atom. The molecule has 21 saturated heterocycles. The largest absolute Gasteiger partial charge is 1.00 e. The molecule has 0 aromatic carbocycles. The van der Waals surface area contributed by atoms with Crippen molar-refractivity contribution in [3.05, 3.63) is 0 Å². The smallest absolute Gasteiger partial charge is 0.726 e. The van der Waals surface area contributed by atoms with Gasteiger partial charge in [-0.25, -0.2) is 58.9 Å². The molecule has 14 N–H and O–H groups in total. The minimum Gasteiger partial charge on any atom is -0.726 e. The van der Waals surface area contributed by atoms with Gasteiger partial charge in [0.15, 0.2) is 44.0 Å². The molecule has 21 heterocycles. The molecule has 21 rings (SSSR count). The molecule has 70 heteroatoms. The molecule has 21 fully saturated rings. The predicted molar refractivity (Wildman–Crippen MR) is 288 cm³/mol. The fraction of sp³-hybridized carbons (Fsp3) is 1.00. The van der Waals surface area contributed by atoms with Crippen LogP contribution in [0.1, 0.15) is 0 Å². The van der Waals surface area contributed by atoms with Gasteiger partial charge in [-0.05, 0) is 0 Å². The SMILES string of the molecule is O=S(=O)([O-])OC[C@@H]1O[C@@H]2O[C@H]3[C@H](O)[C@@H](O)[C@@H](O[C@H]4[C@H](O)[C@H](O)[C@@H](O[C@H]5[C@@H](O)[C@@H](O)[C@@H](O[C@H]6[C@@H](O)[C@H](O)C(O[C@H]7[C@H](O)[C@@H](O)[C@@H](O[C@H]8[C@H](O)[C@@H](O)[C@@H](O[C@H]1[C@H](O)[C@H]2O)O[C@H]8COS(=O)(=O)[O-])O[C@@H]7COS(=O)(=O)[O-])O[C@@H]6COS(=O)(=O)[O-])O[C@@H]5COS(=O)(=O)[O-])O[C@@H]4COS(=O)(=O)[O-])O[C@H]3COS(=O)(=O)[O-].[Na+].[Na+].[Na+].[Na+].[Na+].[Na+].[Na+]. The van der Waals surface area contributed by atoms with E-state index in [4.69, 9.17) is 66.3 Å². The number of aliphatic hydroxyl groups excluding tert-OH is 14. The average molecular weight is 1850 g/mol. The Hall–Kier alpha value is 4.97. The van der Waals surface area contributed by atoms with Crippen molar-refractivity contribution in [3.63, 3.8) is 0 Å². The maximum Gasteiger partial charge on any atom is 1.00 e. The maximum atomic E-state index is 11.8. The van der Waals surface area contributed by atoms with Gasteiger partial charge in [0.05, 0.1) is 46.2 Å². The van der Waals surface area contributed by atoms with Gasteiger partial charge in [0.1, 0.15) is 171 Å². The summed E-state index contributed by atoms with van der Waals surface area (Å²) >= 11 is 0. The number of hydrogen-bond donors (Lipinski definition) is 14. The third-order valence-electron chi connectivity index (χ3n) is 16.2. The molecule has 112 heavy (non-hydrogen) atoms. The van der Waals surface area contributed by atoms with E-state index < -0.39 is 334 Å². The predicted octanol–water partition coefficient (Wildman–Crippen LogP) is -39.8. The van der Waals surface area contributed by atoms with Crippen LogP contribution in [0.5, 0.6) is 0 Å². The van der Waals surface area contributed by atoms with Crippen LogP contribution in [-0.4, -0.2) is 423 Å². The molecule has 1 unspecified atom stereocenters. The standard InChI is InChI=1S/C42H70O56S7.7Na/c43-15-22(50)36-85-8(1-78-99(57,58)59)29(15)92-37-23(51)16(44)31(10(86-37)3-80-101(63,64)65)94-39-25(53)18(46)33(12(88-39)5-82-103(69,70)71)96-41-27(55)20(48)35(14(90-41)7-84-105(75,76)77)98-42-28(56)21(49)34(13(91-42)6-83-104(72,73)74)97-40-26(54)19(47)32(11(89-40)4-81-102(66,67)68)95-38-24(52)17(45)30(93-36)9(87-38)2-79-100(60,61)62;;;;;;;/h8-56H,1-7H2,(H,57,58,59)(H,60,61,62)(H,63,64,65)(H,66,67,68)(H,69,70,71)(H,72,73,74)(H,75,76,77);;;;;;;/q;7*+1/p-7/t8-,9-,10-,11-,12+,13+,14+,15+,16-,17+,18-,19-,20-,21-,22-,23+,24+,25-,26-,27-,28-,29-,30-,31-,32-,33-,34-,35-,36-,37-,38?,39-,40-,41-,42-;;;;;;;/m1......./s1. The first kappa shape index (κ1) is 115. The first-order chi connectivity index (χ1) is 48.2. The van der Waals surface area contributed by atoms with Gasteiger partial charge in [-0.15, -0.1) is 0 Å². The molecule has 35 atom stereocenters. The molecule has 0 spiro atoms. The van der Waals surface area contributed by atoms with E-state index in [9.17, 15) is 162 Å². The zero-order chi connectivity index (χ0) is 78.5. The summed E-state index contributed by atoms with van der Waals surface area (Å²) in [6.07, 6.45) is -95.2. The topological polar surface area (TPSA) is 877 Å². The van der Waals surface area contributed by atoms with Gasteiger partial charge in [0.2, 0.25) is 72.8 Å². The van der Waals surface area contributed by atoms with E-state index in [1.165, 1.54) is 0 Å². The van der Waals surface area contributed by atoms with Crippen molar-refractivity contribution in [1.29, 1.82) is 0 Å². The van der Waals surface area contributed by atoms with Crippen molar-refractivity contribution in [2.45, 2.75) is 215 Å². The molecule has 14 bridgehead atoms. The quantitative estimate of drug-likeness (QED) is 0.0288. The van der Waals surface area contributed by atoms with Crippen LogP contribution < -0.4 is 207 Å². The molecule has 0 radical (unpaired) electrons. The number of ether oxygens (including phenoxy) is 14. The van der Waals surface area contributed by atoms with E-state index in [1.54, 1.807) is 0 Å². The fourth-order valence-electron chi connectivity index (χ4n) is 11.4. The summed E-state index contributed by atoms with van der Waals surface area (Å²) in [5, 5.41) is 162. The Morgan fingerprint density at radius 1 is 0.179 bits per heavy atom. The summed E-state index contributed by atoms with van der Waals surface area (Å²) in [4.78, 5) is 0. The first-order valence-electron chi connectivity index (χ1n) is 29.1. The van der Waals surface area contributed by atoms with E-state index in [0.29, 0.717) is 0 Å². The summed E-state index contributed by atoms with van der Waals surface area (Å²) in [6, 6.07) is 0. The van der Waals surface area contributed by atoms with Gasteiger partial charge in [0.25, 0.3) is 0 Å². The van der Waals surface area contributed by atoms with Crippen LogP contribution in [0.2, 0.25) is 0 Å². The van der Waals surface area contributed by atoms with Crippen LogP contribution >= 0.6 is 0 Å². The van der Waals surface area contributed by atoms with Crippen LogP contribution in [0.25, 0.3) is 0 Å². The molecule has 0 aromatic rings. The number of rotatable bonds is 21. The Kier molecular flexibility index (Phi) is 48.6. The summed E-state index contributed by atoms with van der Waals surface area (Å²) in [5.41, 5.74) is 0. The normalized spacial score (nSPS) is 42.1. The van der Waals surface area contributed by atoms with Crippen molar-refractivity contribution in [3.8, 4) is 0 Å². The minimum absolute atomic E-state index is 0. The Bertz CT molecular complexity index is 3080. The van der Waals surface area contributed by atoms with Gasteiger partial charge in [-0.1, -0.05) is 0 Å². The van der Waals surface area contributed by atoms with Crippen LogP contribution in [0.3, 0.4) is 0 Å². The van der Waals surface area contributed by atoms with E-state index in [1.807, 2.05) is 0 Å². The van der Waals surface area contributed by atoms with Gasteiger partial charge >= 0.3 is 207 Å². The summed E-state index contributed by atoms with van der Waals surface area (Å²) in [5.74, 6) is 0. The van der Waals surface area contributed by atoms with Crippen molar-refractivity contribution < 1.29 is 465 Å². The fourth-order valence-corrected chi connectivity index (χ4v) is 13.5. The molecular formula is C42H63Na7O56S7. The molecule has 0 aliphatic carbocycles. The molecule has 21 aliphatic rings. The molecule has 0 aromatic heterocycles. The van der Waals surface area contributed by atoms with E-state index in [0.717, 1.165) is 0 Å². The van der Waals surface area contributed by atoms with Gasteiger partial charge < -0.3 is 170 Å². The van der Waals surface area contributed by atoms with Gasteiger partial charge in [-0.3, -0.25) is 29.3 Å². The third-order valence-corrected chi connectivity index (χ3v) is 19.1. The second-order valence-corrected chi connectivity index (χ2v) is 30.6. The minimum atomic E-state index is -5.94. The molecule has 0 amide bonds. The molecule has 0 saturated carbocycles. The molecule has 21 aliphatic heterocycles. The van der Waals surface area contributed by atoms with Crippen molar-refractivity contribution in [2.75, 3.05) is 46.2 Å². The van der Waals surface area contributed by atoms with Crippen LogP contribution in [0.4, 0.5) is 0 Å². The maximum absolute atomic E-state index is 11.8. The van der Waals surface area contributed by atoms with Crippen molar-refractivity contribution in [2.24, 2.45) is 0 Å². The van der Waals surface area contributed by atoms with E-state index in [-0.39, 0.29) is 207 Å². The Balaban J connectivity index is 0.00000896. The Labute approximate surface area is 788 Å². The monoisotopic (exact) mass is 1850 g/mol. The molecule has 56 nitrogen and oxygen atoms in total. The van der Waals surface area contributed by atoms with Gasteiger partial charge in [0, 0.05) is 0 Å². The summed E-state index contributed by atoms with van der Waals surface area (Å²) < 4.78 is 355.